The number of carbonyl (C=O) groups excluding carboxylic acids is 1. The van der Waals surface area contributed by atoms with Crippen molar-refractivity contribution in [1.29, 1.82) is 0 Å². The van der Waals surface area contributed by atoms with E-state index in [1.807, 2.05) is 19.9 Å². The van der Waals surface area contributed by atoms with Crippen LogP contribution in [0.2, 0.25) is 0 Å². The number of hydrogen-bond acceptors (Lipinski definition) is 8. The maximum atomic E-state index is 12.0. The lowest BCUT2D eigenvalue weighted by Crippen LogP contribution is -2.01. The van der Waals surface area contributed by atoms with Crippen LogP contribution in [0, 0.1) is 13.8 Å². The van der Waals surface area contributed by atoms with Gasteiger partial charge in [0.15, 0.2) is 6.61 Å². The fraction of sp³-hybridized carbons (Fsp3) is 0.250. The zero-order chi connectivity index (χ0) is 20.1. The molecule has 1 aromatic carbocycles. The van der Waals surface area contributed by atoms with Crippen LogP contribution >= 0.6 is 0 Å². The standard InChI is InChI=1S/C20H20N2O6/c1-12-7-17(13(2)27-12)20-22-21-18(28-20)11-26-19(23)6-5-14-8-15(24-3)10-16(9-14)25-4/h5-10H,11H2,1-4H3/b6-5+. The summed E-state index contributed by atoms with van der Waals surface area (Å²) in [6.07, 6.45) is 2.90. The Labute approximate surface area is 161 Å². The zero-order valence-corrected chi connectivity index (χ0v) is 16.0. The van der Waals surface area contributed by atoms with Gasteiger partial charge in [0, 0.05) is 12.1 Å². The van der Waals surface area contributed by atoms with E-state index < -0.39 is 5.97 Å². The highest BCUT2D eigenvalue weighted by molar-refractivity contribution is 5.87. The minimum atomic E-state index is -0.545. The SMILES string of the molecule is COc1cc(/C=C/C(=O)OCc2nnc(-c3cc(C)oc3C)o2)cc(OC)c1. The third-order valence-electron chi connectivity index (χ3n) is 3.86. The largest absolute Gasteiger partial charge is 0.497 e. The van der Waals surface area contributed by atoms with E-state index >= 15 is 0 Å². The van der Waals surface area contributed by atoms with Crippen LogP contribution in [0.25, 0.3) is 17.5 Å². The lowest BCUT2D eigenvalue weighted by atomic mass is 10.2. The Hall–Kier alpha value is -3.55. The molecule has 0 radical (unpaired) electrons. The van der Waals surface area contributed by atoms with Crippen LogP contribution in [-0.2, 0) is 16.1 Å². The first-order chi connectivity index (χ1) is 13.5. The van der Waals surface area contributed by atoms with E-state index in [1.54, 1.807) is 38.5 Å². The Morgan fingerprint density at radius 1 is 1.04 bits per heavy atom. The van der Waals surface area contributed by atoms with Crippen molar-refractivity contribution < 1.29 is 27.8 Å². The number of aryl methyl sites for hydroxylation is 2. The van der Waals surface area contributed by atoms with Gasteiger partial charge < -0.3 is 23.0 Å². The van der Waals surface area contributed by atoms with Crippen LogP contribution in [0.15, 0.2) is 39.2 Å². The number of nitrogens with zero attached hydrogens (tertiary/aromatic N) is 2. The Bertz CT molecular complexity index is 980. The first-order valence-electron chi connectivity index (χ1n) is 8.46. The predicted octanol–water partition coefficient (Wildman–Crippen LogP) is 3.72. The van der Waals surface area contributed by atoms with Gasteiger partial charge in [0.1, 0.15) is 23.0 Å². The van der Waals surface area contributed by atoms with Gasteiger partial charge in [-0.25, -0.2) is 4.79 Å². The van der Waals surface area contributed by atoms with Gasteiger partial charge in [-0.15, -0.1) is 10.2 Å². The van der Waals surface area contributed by atoms with Crippen LogP contribution in [0.3, 0.4) is 0 Å². The molecule has 28 heavy (non-hydrogen) atoms. The Kier molecular flexibility index (Phi) is 5.78. The summed E-state index contributed by atoms with van der Waals surface area (Å²) in [5, 5.41) is 7.84. The third kappa shape index (κ3) is 4.59. The minimum Gasteiger partial charge on any atom is -0.497 e. The van der Waals surface area contributed by atoms with Gasteiger partial charge in [-0.3, -0.25) is 0 Å². The van der Waals surface area contributed by atoms with Gasteiger partial charge >= 0.3 is 5.97 Å². The van der Waals surface area contributed by atoms with Crippen molar-refractivity contribution in [3.05, 3.63) is 53.3 Å². The second-order valence-corrected chi connectivity index (χ2v) is 5.91. The van der Waals surface area contributed by atoms with E-state index in [0.29, 0.717) is 23.1 Å². The Balaban J connectivity index is 1.60. The number of ether oxygens (including phenoxy) is 3. The molecular formula is C20H20N2O6. The van der Waals surface area contributed by atoms with Crippen LogP contribution in [0.5, 0.6) is 11.5 Å². The van der Waals surface area contributed by atoms with Crippen molar-refractivity contribution in [3.8, 4) is 23.0 Å². The summed E-state index contributed by atoms with van der Waals surface area (Å²) in [6.45, 7) is 3.51. The van der Waals surface area contributed by atoms with E-state index in [-0.39, 0.29) is 12.5 Å². The van der Waals surface area contributed by atoms with Gasteiger partial charge in [0.25, 0.3) is 11.8 Å². The van der Waals surface area contributed by atoms with Gasteiger partial charge in [-0.1, -0.05) is 0 Å². The summed E-state index contributed by atoms with van der Waals surface area (Å²) in [5.74, 6) is 2.64. The molecule has 0 aliphatic rings. The molecule has 0 aliphatic heterocycles. The Morgan fingerprint density at radius 2 is 1.75 bits per heavy atom. The summed E-state index contributed by atoms with van der Waals surface area (Å²) < 4.78 is 26.5. The van der Waals surface area contributed by atoms with Gasteiger partial charge in [-0.2, -0.15) is 0 Å². The molecule has 3 rings (SSSR count). The molecule has 0 fully saturated rings. The first kappa shape index (κ1) is 19.2. The summed E-state index contributed by atoms with van der Waals surface area (Å²) in [4.78, 5) is 12.0. The topological polar surface area (TPSA) is 96.8 Å². The van der Waals surface area contributed by atoms with Crippen molar-refractivity contribution in [2.75, 3.05) is 14.2 Å². The fourth-order valence-corrected chi connectivity index (χ4v) is 2.53. The Morgan fingerprint density at radius 3 is 2.36 bits per heavy atom. The first-order valence-corrected chi connectivity index (χ1v) is 8.46. The molecule has 0 saturated heterocycles. The van der Waals surface area contributed by atoms with Gasteiger partial charge in [-0.05, 0) is 43.7 Å². The van der Waals surface area contributed by atoms with Crippen molar-refractivity contribution in [3.63, 3.8) is 0 Å². The summed E-state index contributed by atoms with van der Waals surface area (Å²) >= 11 is 0. The van der Waals surface area contributed by atoms with Crippen molar-refractivity contribution in [2.45, 2.75) is 20.5 Å². The zero-order valence-electron chi connectivity index (χ0n) is 16.0. The van der Waals surface area contributed by atoms with Gasteiger partial charge in [0.2, 0.25) is 0 Å². The predicted molar refractivity (Wildman–Crippen MR) is 99.9 cm³/mol. The molecule has 146 valence electrons. The number of methoxy groups -OCH3 is 2. The second-order valence-electron chi connectivity index (χ2n) is 5.91. The lowest BCUT2D eigenvalue weighted by Gasteiger charge is -2.05. The molecule has 0 amide bonds. The molecular weight excluding hydrogens is 364 g/mol. The molecule has 0 saturated carbocycles. The average Bonchev–Trinajstić information content (AvgIpc) is 3.29. The van der Waals surface area contributed by atoms with Crippen molar-refractivity contribution in [2.24, 2.45) is 0 Å². The number of aromatic nitrogens is 2. The molecule has 0 atom stereocenters. The molecule has 2 aromatic heterocycles. The number of rotatable bonds is 7. The van der Waals surface area contributed by atoms with Crippen molar-refractivity contribution in [1.82, 2.24) is 10.2 Å². The smallest absolute Gasteiger partial charge is 0.331 e. The second kappa shape index (κ2) is 8.43. The number of benzene rings is 1. The quantitative estimate of drug-likeness (QED) is 0.449. The highest BCUT2D eigenvalue weighted by atomic mass is 16.5. The lowest BCUT2D eigenvalue weighted by molar-refractivity contribution is -0.139. The molecule has 0 N–H and O–H groups in total. The number of esters is 1. The summed E-state index contributed by atoms with van der Waals surface area (Å²) in [7, 11) is 3.11. The fourth-order valence-electron chi connectivity index (χ4n) is 2.53. The number of carbonyl (C=O) groups is 1. The normalized spacial score (nSPS) is 11.0. The maximum Gasteiger partial charge on any atom is 0.331 e. The summed E-state index contributed by atoms with van der Waals surface area (Å²) in [5.41, 5.74) is 1.45. The molecule has 3 aromatic rings. The minimum absolute atomic E-state index is 0.131. The van der Waals surface area contributed by atoms with Gasteiger partial charge in [0.05, 0.1) is 19.8 Å². The van der Waals surface area contributed by atoms with E-state index in [4.69, 9.17) is 23.0 Å². The molecule has 0 aliphatic carbocycles. The molecule has 0 bridgehead atoms. The molecule has 8 nitrogen and oxygen atoms in total. The molecule has 2 heterocycles. The van der Waals surface area contributed by atoms with Crippen LogP contribution < -0.4 is 9.47 Å². The van der Waals surface area contributed by atoms with E-state index in [2.05, 4.69) is 10.2 Å². The monoisotopic (exact) mass is 384 g/mol. The van der Waals surface area contributed by atoms with Crippen LogP contribution in [0.1, 0.15) is 23.0 Å². The van der Waals surface area contributed by atoms with Crippen LogP contribution in [0.4, 0.5) is 0 Å². The maximum absolute atomic E-state index is 12.0. The molecule has 0 unspecified atom stereocenters. The molecule has 0 spiro atoms. The highest BCUT2D eigenvalue weighted by Gasteiger charge is 2.15. The molecule has 8 heteroatoms. The summed E-state index contributed by atoms with van der Waals surface area (Å²) in [6, 6.07) is 7.09. The van der Waals surface area contributed by atoms with E-state index in [9.17, 15) is 4.79 Å². The van der Waals surface area contributed by atoms with Crippen molar-refractivity contribution >= 4 is 12.0 Å². The number of hydrogen-bond donors (Lipinski definition) is 0. The highest BCUT2D eigenvalue weighted by Crippen LogP contribution is 2.25. The average molecular weight is 384 g/mol. The van der Waals surface area contributed by atoms with Crippen LogP contribution in [-0.4, -0.2) is 30.4 Å². The van der Waals surface area contributed by atoms with E-state index in [1.165, 1.54) is 6.08 Å². The van der Waals surface area contributed by atoms with E-state index in [0.717, 1.165) is 16.9 Å². The number of furan rings is 1. The third-order valence-corrected chi connectivity index (χ3v) is 3.86.